The molecule has 0 aliphatic carbocycles. The number of fused-ring (bicyclic) bond motifs is 2. The Balaban J connectivity index is 1.55. The largest absolute Gasteiger partial charge is 0.348 e. The number of amides is 2. The summed E-state index contributed by atoms with van der Waals surface area (Å²) in [5.41, 5.74) is 6.62. The predicted molar refractivity (Wildman–Crippen MR) is 146 cm³/mol. The standard InChI is InChI=1S/C31H28N2O3S/c1-20-9-12-23(13-10-20)18-32-30(34)24-14-15-29-27(17-24)33(19-25-16-21(2)8-11-22(25)3)31(35)26-6-4-5-7-28(26)37(29)36/h4-17H,18-19H2,1-3H3,(H,32,34). The number of carbonyl (C=O) groups excluding carboxylic acids is 2. The van der Waals surface area contributed by atoms with Crippen LogP contribution >= 0.6 is 0 Å². The Morgan fingerprint density at radius 1 is 0.838 bits per heavy atom. The molecule has 0 aromatic heterocycles. The molecule has 2 amide bonds. The van der Waals surface area contributed by atoms with E-state index in [1.807, 2.05) is 57.2 Å². The van der Waals surface area contributed by atoms with E-state index in [1.54, 1.807) is 47.4 Å². The normalized spacial score (nSPS) is 14.5. The first-order chi connectivity index (χ1) is 17.8. The summed E-state index contributed by atoms with van der Waals surface area (Å²) in [7, 11) is -1.57. The van der Waals surface area contributed by atoms with Crippen LogP contribution in [0.4, 0.5) is 5.69 Å². The Morgan fingerprint density at radius 2 is 1.57 bits per heavy atom. The van der Waals surface area contributed by atoms with Crippen LogP contribution in [0.1, 0.15) is 48.5 Å². The quantitative estimate of drug-likeness (QED) is 0.367. The summed E-state index contributed by atoms with van der Waals surface area (Å²) < 4.78 is 13.6. The Labute approximate surface area is 219 Å². The summed E-state index contributed by atoms with van der Waals surface area (Å²) in [4.78, 5) is 29.6. The molecule has 6 heteroatoms. The second-order valence-corrected chi connectivity index (χ2v) is 10.9. The molecule has 1 heterocycles. The van der Waals surface area contributed by atoms with Gasteiger partial charge in [-0.05, 0) is 67.8 Å². The number of nitrogens with one attached hydrogen (secondary N) is 1. The number of anilines is 1. The van der Waals surface area contributed by atoms with Crippen molar-refractivity contribution in [1.82, 2.24) is 5.32 Å². The molecule has 0 bridgehead atoms. The van der Waals surface area contributed by atoms with Crippen LogP contribution < -0.4 is 10.2 Å². The van der Waals surface area contributed by atoms with Crippen LogP contribution in [0.5, 0.6) is 0 Å². The molecule has 0 saturated heterocycles. The average molecular weight is 509 g/mol. The molecule has 5 rings (SSSR count). The predicted octanol–water partition coefficient (Wildman–Crippen LogP) is 5.87. The van der Waals surface area contributed by atoms with Crippen LogP contribution in [0.25, 0.3) is 0 Å². The third-order valence-corrected chi connectivity index (χ3v) is 8.18. The van der Waals surface area contributed by atoms with Gasteiger partial charge in [-0.1, -0.05) is 65.7 Å². The molecular formula is C31H28N2O3S. The van der Waals surface area contributed by atoms with Crippen molar-refractivity contribution in [3.63, 3.8) is 0 Å². The second-order valence-electron chi connectivity index (χ2n) is 9.44. The minimum Gasteiger partial charge on any atom is -0.348 e. The minimum atomic E-state index is -1.57. The molecule has 0 fully saturated rings. The van der Waals surface area contributed by atoms with Crippen molar-refractivity contribution in [3.8, 4) is 0 Å². The van der Waals surface area contributed by atoms with Gasteiger partial charge < -0.3 is 10.2 Å². The van der Waals surface area contributed by atoms with Crippen molar-refractivity contribution in [2.75, 3.05) is 4.90 Å². The van der Waals surface area contributed by atoms with Crippen molar-refractivity contribution < 1.29 is 13.8 Å². The molecule has 1 unspecified atom stereocenters. The highest BCUT2D eigenvalue weighted by Crippen LogP contribution is 2.36. The molecule has 37 heavy (non-hydrogen) atoms. The van der Waals surface area contributed by atoms with Gasteiger partial charge in [-0.15, -0.1) is 0 Å². The number of rotatable bonds is 5. The lowest BCUT2D eigenvalue weighted by atomic mass is 10.0. The fourth-order valence-corrected chi connectivity index (χ4v) is 5.84. The minimum absolute atomic E-state index is 0.235. The zero-order valence-corrected chi connectivity index (χ0v) is 21.9. The van der Waals surface area contributed by atoms with Gasteiger partial charge in [-0.3, -0.25) is 9.59 Å². The number of carbonyl (C=O) groups is 2. The van der Waals surface area contributed by atoms with Gasteiger partial charge in [-0.2, -0.15) is 0 Å². The van der Waals surface area contributed by atoms with Crippen LogP contribution in [-0.2, 0) is 23.9 Å². The lowest BCUT2D eigenvalue weighted by Gasteiger charge is -2.24. The van der Waals surface area contributed by atoms with E-state index >= 15 is 0 Å². The summed E-state index contributed by atoms with van der Waals surface area (Å²) >= 11 is 0. The van der Waals surface area contributed by atoms with Crippen LogP contribution in [0, 0.1) is 20.8 Å². The Morgan fingerprint density at radius 3 is 2.35 bits per heavy atom. The van der Waals surface area contributed by atoms with E-state index in [0.29, 0.717) is 39.7 Å². The van der Waals surface area contributed by atoms with Gasteiger partial charge in [0.15, 0.2) is 0 Å². The zero-order valence-electron chi connectivity index (χ0n) is 21.1. The van der Waals surface area contributed by atoms with Gasteiger partial charge in [-0.25, -0.2) is 4.21 Å². The molecule has 1 aliphatic heterocycles. The van der Waals surface area contributed by atoms with Crippen molar-refractivity contribution in [3.05, 3.63) is 124 Å². The molecular weight excluding hydrogens is 480 g/mol. The van der Waals surface area contributed by atoms with Gasteiger partial charge in [0.2, 0.25) is 0 Å². The van der Waals surface area contributed by atoms with Gasteiger partial charge in [0.1, 0.15) is 0 Å². The van der Waals surface area contributed by atoms with Gasteiger partial charge >= 0.3 is 0 Å². The molecule has 1 atom stereocenters. The smallest absolute Gasteiger partial charge is 0.259 e. The highest BCUT2D eigenvalue weighted by Gasteiger charge is 2.31. The topological polar surface area (TPSA) is 66.5 Å². The van der Waals surface area contributed by atoms with Crippen molar-refractivity contribution in [2.24, 2.45) is 0 Å². The monoisotopic (exact) mass is 508 g/mol. The van der Waals surface area contributed by atoms with Crippen LogP contribution in [0.3, 0.4) is 0 Å². The Bertz CT molecular complexity index is 1540. The molecule has 0 saturated carbocycles. The second kappa shape index (κ2) is 10.1. The van der Waals surface area contributed by atoms with E-state index in [0.717, 1.165) is 27.8 Å². The highest BCUT2D eigenvalue weighted by molar-refractivity contribution is 7.85. The molecule has 4 aromatic rings. The molecule has 0 radical (unpaired) electrons. The Kier molecular flexibility index (Phi) is 6.76. The fraction of sp³-hybridized carbons (Fsp3) is 0.161. The van der Waals surface area contributed by atoms with Gasteiger partial charge in [0.05, 0.1) is 38.4 Å². The highest BCUT2D eigenvalue weighted by atomic mass is 32.2. The van der Waals surface area contributed by atoms with E-state index in [1.165, 1.54) is 0 Å². The van der Waals surface area contributed by atoms with E-state index in [-0.39, 0.29) is 11.8 Å². The maximum atomic E-state index is 13.9. The maximum Gasteiger partial charge on any atom is 0.259 e. The van der Waals surface area contributed by atoms with E-state index in [4.69, 9.17) is 0 Å². The first kappa shape index (κ1) is 24.7. The molecule has 4 aromatic carbocycles. The number of benzene rings is 4. The summed E-state index contributed by atoms with van der Waals surface area (Å²) in [6, 6.07) is 26.2. The van der Waals surface area contributed by atoms with Crippen LogP contribution in [0.2, 0.25) is 0 Å². The number of hydrogen-bond acceptors (Lipinski definition) is 3. The van der Waals surface area contributed by atoms with E-state index in [2.05, 4.69) is 11.4 Å². The average Bonchev–Trinajstić information content (AvgIpc) is 2.99. The third-order valence-electron chi connectivity index (χ3n) is 6.68. The van der Waals surface area contributed by atoms with E-state index in [9.17, 15) is 13.8 Å². The summed E-state index contributed by atoms with van der Waals surface area (Å²) in [6.07, 6.45) is 0. The molecule has 186 valence electrons. The third kappa shape index (κ3) is 4.98. The summed E-state index contributed by atoms with van der Waals surface area (Å²) in [6.45, 7) is 6.74. The Hall–Kier alpha value is -4.03. The molecule has 0 spiro atoms. The number of aryl methyl sites for hydroxylation is 3. The lowest BCUT2D eigenvalue weighted by Crippen LogP contribution is -2.31. The summed E-state index contributed by atoms with van der Waals surface area (Å²) in [5, 5.41) is 2.96. The SMILES string of the molecule is Cc1ccc(CNC(=O)c2ccc3c(c2)N(Cc2cc(C)ccc2C)C(=O)c2ccccc2S3=O)cc1. The first-order valence-corrected chi connectivity index (χ1v) is 13.3. The van der Waals surface area contributed by atoms with Crippen LogP contribution in [0.15, 0.2) is 94.7 Å². The number of hydrogen-bond donors (Lipinski definition) is 1. The first-order valence-electron chi connectivity index (χ1n) is 12.2. The van der Waals surface area contributed by atoms with Crippen molar-refractivity contribution >= 4 is 28.3 Å². The number of nitrogens with zero attached hydrogens (tertiary/aromatic N) is 1. The lowest BCUT2D eigenvalue weighted by molar-refractivity contribution is 0.0947. The van der Waals surface area contributed by atoms with Crippen molar-refractivity contribution in [2.45, 2.75) is 43.7 Å². The van der Waals surface area contributed by atoms with Gasteiger partial charge in [0.25, 0.3) is 11.8 Å². The van der Waals surface area contributed by atoms with Crippen molar-refractivity contribution in [1.29, 1.82) is 0 Å². The van der Waals surface area contributed by atoms with Crippen LogP contribution in [-0.4, -0.2) is 16.0 Å². The maximum absolute atomic E-state index is 13.9. The molecule has 1 aliphatic rings. The fourth-order valence-electron chi connectivity index (χ4n) is 4.49. The summed E-state index contributed by atoms with van der Waals surface area (Å²) in [5.74, 6) is -0.490. The zero-order chi connectivity index (χ0) is 26.1. The van der Waals surface area contributed by atoms with Gasteiger partial charge in [0, 0.05) is 12.1 Å². The molecule has 1 N–H and O–H groups in total. The van der Waals surface area contributed by atoms with E-state index < -0.39 is 10.8 Å². The molecule has 5 nitrogen and oxygen atoms in total.